The van der Waals surface area contributed by atoms with E-state index < -0.39 is 6.03 Å². The molecule has 0 atom stereocenters. The smallest absolute Gasteiger partial charge is 0.323 e. The van der Waals surface area contributed by atoms with Crippen molar-refractivity contribution in [3.63, 3.8) is 0 Å². The second kappa shape index (κ2) is 13.9. The fourth-order valence-electron chi connectivity index (χ4n) is 4.55. The van der Waals surface area contributed by atoms with Gasteiger partial charge in [0.25, 0.3) is 0 Å². The Morgan fingerprint density at radius 3 is 1.33 bits per heavy atom. The summed E-state index contributed by atoms with van der Waals surface area (Å²) in [5, 5.41) is 23.6. The van der Waals surface area contributed by atoms with Crippen LogP contribution in [0.4, 0.5) is 50.3 Å². The van der Waals surface area contributed by atoms with Crippen LogP contribution in [0.5, 0.6) is 11.5 Å². The fourth-order valence-corrected chi connectivity index (χ4v) is 4.55. The van der Waals surface area contributed by atoms with Gasteiger partial charge in [-0.1, -0.05) is 12.1 Å². The quantitative estimate of drug-likeness (QED) is 0.136. The van der Waals surface area contributed by atoms with E-state index in [0.717, 1.165) is 33.9 Å². The monoisotopic (exact) mass is 624 g/mol. The van der Waals surface area contributed by atoms with Crippen molar-refractivity contribution in [2.24, 2.45) is 20.5 Å². The molecule has 0 aliphatic carbocycles. The number of methoxy groups -OCH3 is 2. The van der Waals surface area contributed by atoms with Crippen LogP contribution in [0.25, 0.3) is 0 Å². The third-order valence-corrected chi connectivity index (χ3v) is 7.29. The highest BCUT2D eigenvalue weighted by Crippen LogP contribution is 2.36. The fraction of sp³-hybridized carbons (Fsp3) is 0.286. The maximum Gasteiger partial charge on any atom is 0.323 e. The minimum Gasteiger partial charge on any atom is -0.494 e. The molecular formula is C35H44N8O3+2. The second-order valence-electron chi connectivity index (χ2n) is 12.7. The lowest BCUT2D eigenvalue weighted by molar-refractivity contribution is 0.262. The highest BCUT2D eigenvalue weighted by atomic mass is 16.5. The number of azo groups is 2. The molecule has 46 heavy (non-hydrogen) atoms. The van der Waals surface area contributed by atoms with Gasteiger partial charge in [0.15, 0.2) is 0 Å². The maximum absolute atomic E-state index is 13.1. The normalized spacial score (nSPS) is 12.0. The van der Waals surface area contributed by atoms with Crippen LogP contribution in [0, 0.1) is 13.8 Å². The van der Waals surface area contributed by atoms with Gasteiger partial charge in [0.05, 0.1) is 90.6 Å². The van der Waals surface area contributed by atoms with Gasteiger partial charge in [0, 0.05) is 24.3 Å². The van der Waals surface area contributed by atoms with Crippen molar-refractivity contribution >= 4 is 51.5 Å². The Kier molecular flexibility index (Phi) is 10.2. The molecule has 11 nitrogen and oxygen atoms in total. The van der Waals surface area contributed by atoms with Gasteiger partial charge in [0.1, 0.15) is 22.9 Å². The number of nitrogens with one attached hydrogen (secondary N) is 2. The molecular weight excluding hydrogens is 580 g/mol. The first-order valence-electron chi connectivity index (χ1n) is 14.8. The summed E-state index contributed by atoms with van der Waals surface area (Å²) in [4.78, 5) is 13.1. The number of rotatable bonds is 10. The molecule has 0 aromatic heterocycles. The number of benzene rings is 4. The Morgan fingerprint density at radius 1 is 0.587 bits per heavy atom. The number of hydrogen-bond acceptors (Lipinski definition) is 7. The lowest BCUT2D eigenvalue weighted by Gasteiger charge is -2.23. The lowest BCUT2D eigenvalue weighted by Crippen LogP contribution is -2.34. The van der Waals surface area contributed by atoms with Gasteiger partial charge in [0.2, 0.25) is 0 Å². The Balaban J connectivity index is 1.50. The summed E-state index contributed by atoms with van der Waals surface area (Å²) in [5.74, 6) is 0.895. The second-order valence-corrected chi connectivity index (χ2v) is 12.7. The van der Waals surface area contributed by atoms with Crippen molar-refractivity contribution in [1.29, 1.82) is 0 Å². The third kappa shape index (κ3) is 8.52. The summed E-state index contributed by atoms with van der Waals surface area (Å²) in [6.07, 6.45) is 0. The van der Waals surface area contributed by atoms with E-state index in [4.69, 9.17) is 9.47 Å². The number of carbonyl (C=O) groups excluding carboxylic acids is 1. The molecule has 11 heteroatoms. The molecule has 2 N–H and O–H groups in total. The maximum atomic E-state index is 13.1. The summed E-state index contributed by atoms with van der Waals surface area (Å²) in [6.45, 7) is 3.80. The van der Waals surface area contributed by atoms with E-state index in [1.807, 2.05) is 50.2 Å². The number of ether oxygens (including phenoxy) is 2. The summed E-state index contributed by atoms with van der Waals surface area (Å²) >= 11 is 0. The number of carbonyl (C=O) groups is 1. The number of amides is 2. The summed E-state index contributed by atoms with van der Waals surface area (Å²) in [7, 11) is 15.7. The van der Waals surface area contributed by atoms with Crippen molar-refractivity contribution in [2.75, 3.05) is 67.1 Å². The van der Waals surface area contributed by atoms with E-state index >= 15 is 0 Å². The van der Waals surface area contributed by atoms with E-state index in [1.54, 1.807) is 24.3 Å². The molecule has 0 aliphatic heterocycles. The minimum absolute atomic E-state index is 0.447. The van der Waals surface area contributed by atoms with E-state index in [0.29, 0.717) is 43.2 Å². The minimum atomic E-state index is -0.464. The van der Waals surface area contributed by atoms with Gasteiger partial charge >= 0.3 is 6.03 Å². The molecule has 4 aromatic carbocycles. The number of nitrogens with zero attached hydrogens (tertiary/aromatic N) is 6. The number of urea groups is 1. The first-order valence-corrected chi connectivity index (χ1v) is 14.8. The molecule has 0 aliphatic rings. The molecule has 0 heterocycles. The zero-order valence-corrected chi connectivity index (χ0v) is 28.3. The number of anilines is 2. The zero-order chi connectivity index (χ0) is 33.6. The van der Waals surface area contributed by atoms with E-state index in [2.05, 4.69) is 85.5 Å². The largest absolute Gasteiger partial charge is 0.494 e. The molecule has 240 valence electrons. The van der Waals surface area contributed by atoms with Gasteiger partial charge in [-0.2, -0.15) is 20.5 Å². The first kappa shape index (κ1) is 33.8. The molecule has 2 amide bonds. The number of aryl methyl sites for hydroxylation is 2. The van der Waals surface area contributed by atoms with Crippen molar-refractivity contribution in [3.05, 3.63) is 83.9 Å². The molecule has 0 spiro atoms. The van der Waals surface area contributed by atoms with Crippen LogP contribution in [0.15, 0.2) is 93.3 Å². The van der Waals surface area contributed by atoms with E-state index in [-0.39, 0.29) is 0 Å². The van der Waals surface area contributed by atoms with Crippen molar-refractivity contribution < 1.29 is 14.3 Å². The standard InChI is InChI=1S/C35H43N8O3/c1-23-17-31(33(45-9)21-29(23)40-38-25-13-11-15-27(19-25)42(3,4)5)36-35(44)37-32-18-24(2)30(22-34(32)46-10)41-39-26-14-12-16-28(20-26)43(6,7)8/h11-22H,1-10H3,(H-,36,37,38,39,44)/q+1/p+1. The van der Waals surface area contributed by atoms with Crippen molar-refractivity contribution in [3.8, 4) is 11.5 Å². The Labute approximate surface area is 271 Å². The molecule has 0 saturated heterocycles. The molecule has 4 rings (SSSR count). The van der Waals surface area contributed by atoms with Crippen LogP contribution in [0.1, 0.15) is 11.1 Å². The highest BCUT2D eigenvalue weighted by Gasteiger charge is 2.16. The Hall–Kier alpha value is -5.13. The average Bonchev–Trinajstić information content (AvgIpc) is 2.99. The molecule has 0 radical (unpaired) electrons. The molecule has 0 fully saturated rings. The summed E-state index contributed by atoms with van der Waals surface area (Å²) in [5.41, 5.74) is 7.59. The predicted molar refractivity (Wildman–Crippen MR) is 188 cm³/mol. The zero-order valence-electron chi connectivity index (χ0n) is 28.3. The molecule has 0 saturated carbocycles. The molecule has 0 unspecified atom stereocenters. The van der Waals surface area contributed by atoms with Crippen LogP contribution in [0.3, 0.4) is 0 Å². The molecule has 0 bridgehead atoms. The number of hydrogen-bond donors (Lipinski definition) is 2. The van der Waals surface area contributed by atoms with Crippen molar-refractivity contribution in [1.82, 2.24) is 8.97 Å². The van der Waals surface area contributed by atoms with Gasteiger partial charge in [-0.15, -0.1) is 0 Å². The van der Waals surface area contributed by atoms with Crippen LogP contribution in [-0.4, -0.2) is 62.5 Å². The molecule has 4 aromatic rings. The predicted octanol–water partition coefficient (Wildman–Crippen LogP) is 9.19. The van der Waals surface area contributed by atoms with Gasteiger partial charge in [-0.25, -0.2) is 4.79 Å². The van der Waals surface area contributed by atoms with Crippen LogP contribution in [0.2, 0.25) is 0 Å². The van der Waals surface area contributed by atoms with Gasteiger partial charge in [-0.05, 0) is 61.4 Å². The Morgan fingerprint density at radius 2 is 0.978 bits per heavy atom. The van der Waals surface area contributed by atoms with Crippen LogP contribution >= 0.6 is 0 Å². The van der Waals surface area contributed by atoms with Crippen LogP contribution in [-0.2, 0) is 0 Å². The summed E-state index contributed by atoms with van der Waals surface area (Å²) < 4.78 is 12.5. The highest BCUT2D eigenvalue weighted by molar-refractivity contribution is 6.02. The van der Waals surface area contributed by atoms with E-state index in [9.17, 15) is 4.79 Å². The van der Waals surface area contributed by atoms with Gasteiger partial charge in [-0.3, -0.25) is 8.97 Å². The van der Waals surface area contributed by atoms with Crippen molar-refractivity contribution in [2.45, 2.75) is 13.8 Å². The third-order valence-electron chi connectivity index (χ3n) is 7.29. The Bertz CT molecular complexity index is 1660. The average molecular weight is 625 g/mol. The first-order chi connectivity index (χ1) is 21.7. The number of quaternary nitrogens is 2. The SMILES string of the molecule is COc1cc(N=Nc2cccc([N+](C)(C)C)c2)c(C)cc1NC(=O)Nc1cc(C)c(N=Nc2cccc([N+](C)(C)C)c2)cc1OC. The lowest BCUT2D eigenvalue weighted by atomic mass is 10.1. The topological polar surface area (TPSA) is 109 Å². The summed E-state index contributed by atoms with van der Waals surface area (Å²) in [6, 6.07) is 22.5. The van der Waals surface area contributed by atoms with E-state index in [1.165, 1.54) is 14.2 Å². The van der Waals surface area contributed by atoms with Crippen LogP contribution < -0.4 is 29.1 Å². The van der Waals surface area contributed by atoms with Gasteiger partial charge < -0.3 is 20.1 Å².